The van der Waals surface area contributed by atoms with Crippen molar-refractivity contribution in [3.05, 3.63) is 60.7 Å². The van der Waals surface area contributed by atoms with Gasteiger partial charge in [-0.1, -0.05) is 55.7 Å². The molecular formula is C24H24N4S. The molecule has 0 spiro atoms. The first-order chi connectivity index (χ1) is 14.3. The van der Waals surface area contributed by atoms with E-state index in [0.717, 1.165) is 16.7 Å². The number of anilines is 2. The summed E-state index contributed by atoms with van der Waals surface area (Å²) in [6.07, 6.45) is 6.27. The van der Waals surface area contributed by atoms with Crippen molar-refractivity contribution in [1.82, 2.24) is 9.97 Å². The molecule has 2 aromatic carbocycles. The van der Waals surface area contributed by atoms with Crippen molar-refractivity contribution < 1.29 is 0 Å². The molecule has 0 unspecified atom stereocenters. The molecule has 29 heavy (non-hydrogen) atoms. The van der Waals surface area contributed by atoms with Crippen LogP contribution in [-0.4, -0.2) is 16.0 Å². The van der Waals surface area contributed by atoms with Gasteiger partial charge in [-0.2, -0.15) is 4.98 Å². The third kappa shape index (κ3) is 3.83. The van der Waals surface area contributed by atoms with Crippen molar-refractivity contribution in [2.45, 2.75) is 38.1 Å². The molecule has 0 aliphatic heterocycles. The Hall–Kier alpha value is -2.92. The summed E-state index contributed by atoms with van der Waals surface area (Å²) in [4.78, 5) is 11.5. The lowest BCUT2D eigenvalue weighted by Gasteiger charge is -2.24. The van der Waals surface area contributed by atoms with Crippen LogP contribution in [0.5, 0.6) is 0 Å². The summed E-state index contributed by atoms with van der Waals surface area (Å²) in [6, 6.07) is 21.7. The first-order valence-electron chi connectivity index (χ1n) is 10.3. The molecule has 1 saturated carbocycles. The van der Waals surface area contributed by atoms with E-state index in [1.807, 2.05) is 6.07 Å². The number of hydrogen-bond donors (Lipinski definition) is 2. The van der Waals surface area contributed by atoms with Crippen LogP contribution in [0.4, 0.5) is 11.8 Å². The highest BCUT2D eigenvalue weighted by atomic mass is 32.1. The van der Waals surface area contributed by atoms with E-state index >= 15 is 0 Å². The third-order valence-corrected chi connectivity index (χ3v) is 6.79. The minimum Gasteiger partial charge on any atom is -0.368 e. The van der Waals surface area contributed by atoms with Gasteiger partial charge in [0.25, 0.3) is 0 Å². The number of hydrogen-bond acceptors (Lipinski definition) is 5. The van der Waals surface area contributed by atoms with Gasteiger partial charge in [0.1, 0.15) is 5.82 Å². The molecule has 146 valence electrons. The van der Waals surface area contributed by atoms with Crippen molar-refractivity contribution >= 4 is 34.0 Å². The number of benzene rings is 2. The molecule has 0 radical (unpaired) electrons. The summed E-state index contributed by atoms with van der Waals surface area (Å²) < 4.78 is 0. The normalized spacial score (nSPS) is 14.9. The second-order valence-corrected chi connectivity index (χ2v) is 8.76. The Kier molecular flexibility index (Phi) is 4.90. The van der Waals surface area contributed by atoms with Gasteiger partial charge in [-0.15, -0.1) is 11.3 Å². The number of nitrogens with one attached hydrogen (secondary N) is 1. The van der Waals surface area contributed by atoms with Crippen molar-refractivity contribution in [3.8, 4) is 20.9 Å². The molecule has 3 N–H and O–H groups in total. The maximum atomic E-state index is 5.99. The summed E-state index contributed by atoms with van der Waals surface area (Å²) in [5, 5.41) is 4.69. The molecule has 1 aliphatic carbocycles. The van der Waals surface area contributed by atoms with Crippen molar-refractivity contribution in [2.24, 2.45) is 0 Å². The number of thiophene rings is 1. The highest BCUT2D eigenvalue weighted by Crippen LogP contribution is 2.36. The van der Waals surface area contributed by atoms with Crippen molar-refractivity contribution in [3.63, 3.8) is 0 Å². The lowest BCUT2D eigenvalue weighted by Crippen LogP contribution is -2.23. The Morgan fingerprint density at radius 3 is 2.38 bits per heavy atom. The van der Waals surface area contributed by atoms with E-state index in [2.05, 4.69) is 69.9 Å². The minimum atomic E-state index is 0.325. The van der Waals surface area contributed by atoms with E-state index in [0.29, 0.717) is 12.0 Å². The first-order valence-corrected chi connectivity index (χ1v) is 11.1. The largest absolute Gasteiger partial charge is 0.368 e. The average Bonchev–Trinajstić information content (AvgIpc) is 3.25. The molecule has 5 heteroatoms. The Balaban J connectivity index is 1.51. The maximum absolute atomic E-state index is 5.99. The molecule has 0 bridgehead atoms. The van der Waals surface area contributed by atoms with E-state index in [1.165, 1.54) is 53.0 Å². The van der Waals surface area contributed by atoms with Crippen LogP contribution in [0.25, 0.3) is 31.8 Å². The number of fused-ring (bicyclic) bond motifs is 1. The number of aromatic nitrogens is 2. The van der Waals surface area contributed by atoms with Crippen LogP contribution in [0.2, 0.25) is 0 Å². The summed E-state index contributed by atoms with van der Waals surface area (Å²) in [5.41, 5.74) is 9.31. The lowest BCUT2D eigenvalue weighted by molar-refractivity contribution is 0.462. The standard InChI is InChI=1S/C24H24N4S/c25-24-27-20-12-11-17(22-14-13-21(29-22)16-7-3-1-4-8-16)15-19(20)23(28-24)26-18-9-5-2-6-10-18/h1,3-4,7-8,11-15,18H,2,5-6,9-10H2,(H3,25,26,27,28). The molecule has 2 aromatic heterocycles. The molecule has 0 amide bonds. The molecule has 0 saturated heterocycles. The van der Waals surface area contributed by atoms with Crippen molar-refractivity contribution in [2.75, 3.05) is 11.1 Å². The molecular weight excluding hydrogens is 376 g/mol. The van der Waals surface area contributed by atoms with Gasteiger partial charge >= 0.3 is 0 Å². The van der Waals surface area contributed by atoms with Gasteiger partial charge in [0.05, 0.1) is 5.52 Å². The predicted octanol–water partition coefficient (Wildman–Crippen LogP) is 6.35. The van der Waals surface area contributed by atoms with E-state index < -0.39 is 0 Å². The van der Waals surface area contributed by atoms with Crippen LogP contribution in [-0.2, 0) is 0 Å². The van der Waals surface area contributed by atoms with Gasteiger partial charge in [0.15, 0.2) is 0 Å². The highest BCUT2D eigenvalue weighted by molar-refractivity contribution is 7.18. The van der Waals surface area contributed by atoms with Crippen molar-refractivity contribution in [1.29, 1.82) is 0 Å². The summed E-state index contributed by atoms with van der Waals surface area (Å²) in [5.74, 6) is 1.19. The van der Waals surface area contributed by atoms with E-state index in [-0.39, 0.29) is 0 Å². The van der Waals surface area contributed by atoms with Crippen LogP contribution in [0.1, 0.15) is 32.1 Å². The van der Waals surface area contributed by atoms with Crippen LogP contribution < -0.4 is 11.1 Å². The van der Waals surface area contributed by atoms with Gasteiger partial charge in [0.2, 0.25) is 5.95 Å². The predicted molar refractivity (Wildman–Crippen MR) is 123 cm³/mol. The van der Waals surface area contributed by atoms with Crippen LogP contribution in [0.3, 0.4) is 0 Å². The Labute approximate surface area is 174 Å². The number of rotatable bonds is 4. The van der Waals surface area contributed by atoms with Gasteiger partial charge in [-0.3, -0.25) is 0 Å². The monoisotopic (exact) mass is 400 g/mol. The Morgan fingerprint density at radius 1 is 0.828 bits per heavy atom. The topological polar surface area (TPSA) is 63.8 Å². The van der Waals surface area contributed by atoms with Gasteiger partial charge < -0.3 is 11.1 Å². The SMILES string of the molecule is Nc1nc(NC2CCCCC2)c2cc(-c3ccc(-c4ccccc4)s3)ccc2n1. The van der Waals surface area contributed by atoms with E-state index in [1.54, 1.807) is 11.3 Å². The Bertz CT molecular complexity index is 1130. The number of nitrogen functional groups attached to an aromatic ring is 1. The zero-order chi connectivity index (χ0) is 19.6. The molecule has 4 aromatic rings. The van der Waals surface area contributed by atoms with Crippen LogP contribution >= 0.6 is 11.3 Å². The highest BCUT2D eigenvalue weighted by Gasteiger charge is 2.16. The fourth-order valence-electron chi connectivity index (χ4n) is 4.10. The van der Waals surface area contributed by atoms with Crippen LogP contribution in [0, 0.1) is 0 Å². The van der Waals surface area contributed by atoms with Gasteiger partial charge in [-0.05, 0) is 48.2 Å². The lowest BCUT2D eigenvalue weighted by atomic mass is 9.95. The molecule has 1 aliphatic rings. The third-order valence-electron chi connectivity index (χ3n) is 5.61. The second-order valence-electron chi connectivity index (χ2n) is 7.67. The molecule has 1 fully saturated rings. The molecule has 5 rings (SSSR count). The summed E-state index contributed by atoms with van der Waals surface area (Å²) >= 11 is 1.81. The quantitative estimate of drug-likeness (QED) is 0.419. The average molecular weight is 401 g/mol. The molecule has 0 atom stereocenters. The van der Waals surface area contributed by atoms with Crippen LogP contribution in [0.15, 0.2) is 60.7 Å². The second kappa shape index (κ2) is 7.84. The zero-order valence-electron chi connectivity index (χ0n) is 16.3. The zero-order valence-corrected chi connectivity index (χ0v) is 17.1. The fourth-order valence-corrected chi connectivity index (χ4v) is 5.11. The maximum Gasteiger partial charge on any atom is 0.222 e. The number of nitrogens with zero attached hydrogens (tertiary/aromatic N) is 2. The summed E-state index contributed by atoms with van der Waals surface area (Å²) in [7, 11) is 0. The fraction of sp³-hybridized carbons (Fsp3) is 0.250. The number of nitrogens with two attached hydrogens (primary N) is 1. The first kappa shape index (κ1) is 18.1. The van der Waals surface area contributed by atoms with Gasteiger partial charge in [-0.25, -0.2) is 4.98 Å². The summed E-state index contributed by atoms with van der Waals surface area (Å²) in [6.45, 7) is 0. The van der Waals surface area contributed by atoms with Gasteiger partial charge in [0, 0.05) is 21.2 Å². The van der Waals surface area contributed by atoms with E-state index in [4.69, 9.17) is 5.73 Å². The molecule has 4 nitrogen and oxygen atoms in total. The minimum absolute atomic E-state index is 0.325. The molecule has 2 heterocycles. The smallest absolute Gasteiger partial charge is 0.222 e. The van der Waals surface area contributed by atoms with E-state index in [9.17, 15) is 0 Å². The Morgan fingerprint density at radius 2 is 1.59 bits per heavy atom.